The van der Waals surface area contributed by atoms with Crippen LogP contribution in [0.3, 0.4) is 0 Å². The highest BCUT2D eigenvalue weighted by molar-refractivity contribution is 6.51. The Morgan fingerprint density at radius 1 is 1.11 bits per heavy atom. The minimum absolute atomic E-state index is 0.262. The first kappa shape index (κ1) is 12.0. The summed E-state index contributed by atoms with van der Waals surface area (Å²) < 4.78 is 0. The maximum absolute atomic E-state index is 11.6. The minimum atomic E-state index is -1.03. The lowest BCUT2D eigenvalue weighted by Gasteiger charge is -2.17. The van der Waals surface area contributed by atoms with Crippen LogP contribution < -0.4 is 0 Å². The Bertz CT molecular complexity index is 626. The topological polar surface area (TPSA) is 109 Å². The number of aromatic hydroxyl groups is 2. The summed E-state index contributed by atoms with van der Waals surface area (Å²) in [6, 6.07) is 0.875. The summed E-state index contributed by atoms with van der Waals surface area (Å²) in [5.74, 6) is -4.65. The van der Waals surface area contributed by atoms with Crippen LogP contribution in [-0.2, 0) is 4.79 Å². The maximum Gasteiger partial charge on any atom is 0.233 e. The van der Waals surface area contributed by atoms with E-state index in [2.05, 4.69) is 0 Å². The molecule has 1 aromatic carbocycles. The van der Waals surface area contributed by atoms with E-state index in [-0.39, 0.29) is 5.56 Å². The molecule has 0 fully saturated rings. The largest absolute Gasteiger partial charge is 0.507 e. The maximum atomic E-state index is 11.6. The van der Waals surface area contributed by atoms with Crippen molar-refractivity contribution in [3.63, 3.8) is 0 Å². The molecular formula is C12H8O6. The molecule has 2 rings (SSSR count). The lowest BCUT2D eigenvalue weighted by molar-refractivity contribution is -0.114. The predicted molar refractivity (Wildman–Crippen MR) is 58.1 cm³/mol. The molecule has 0 atom stereocenters. The molecule has 1 aromatic rings. The average Bonchev–Trinajstić information content (AvgIpc) is 2.28. The molecule has 6 nitrogen and oxygen atoms in total. The molecule has 0 saturated carbocycles. The molecule has 6 heteroatoms. The fraction of sp³-hybridized carbons (Fsp3) is 0.167. The van der Waals surface area contributed by atoms with Gasteiger partial charge in [-0.05, 0) is 13.0 Å². The Morgan fingerprint density at radius 3 is 2.28 bits per heavy atom. The normalized spacial score (nSPS) is 14.6. The number of ketones is 4. The van der Waals surface area contributed by atoms with E-state index < -0.39 is 52.2 Å². The molecule has 0 aromatic heterocycles. The predicted octanol–water partition coefficient (Wildman–Crippen LogP) is 0.639. The molecule has 1 aliphatic carbocycles. The minimum Gasteiger partial charge on any atom is -0.507 e. The van der Waals surface area contributed by atoms with Crippen LogP contribution in [0.25, 0.3) is 0 Å². The lowest BCUT2D eigenvalue weighted by atomic mass is 9.85. The zero-order valence-corrected chi connectivity index (χ0v) is 9.31. The van der Waals surface area contributed by atoms with Crippen molar-refractivity contribution >= 4 is 23.1 Å². The standard InChI is InChI=1S/C12H8O6/c1-4(13)5-2-6(14)10-9(11(5)17)7(15)3-8(16)12(10)18/h2,14,17H,3H2,1H3. The monoisotopic (exact) mass is 248 g/mol. The number of carbonyl (C=O) groups is 4. The van der Waals surface area contributed by atoms with Crippen molar-refractivity contribution in [3.8, 4) is 11.5 Å². The van der Waals surface area contributed by atoms with Gasteiger partial charge in [0, 0.05) is 0 Å². The molecule has 0 spiro atoms. The van der Waals surface area contributed by atoms with Crippen molar-refractivity contribution in [1.82, 2.24) is 0 Å². The van der Waals surface area contributed by atoms with Crippen LogP contribution in [0, 0.1) is 0 Å². The molecule has 0 unspecified atom stereocenters. The molecule has 0 amide bonds. The fourth-order valence-electron chi connectivity index (χ4n) is 1.88. The SMILES string of the molecule is CC(=O)c1cc(O)c2c(c1O)C(=O)CC(=O)C2=O. The van der Waals surface area contributed by atoms with Crippen molar-refractivity contribution in [2.75, 3.05) is 0 Å². The highest BCUT2D eigenvalue weighted by Gasteiger charge is 2.37. The second kappa shape index (κ2) is 3.76. The van der Waals surface area contributed by atoms with Gasteiger partial charge < -0.3 is 10.2 Å². The number of benzene rings is 1. The molecular weight excluding hydrogens is 240 g/mol. The Hall–Kier alpha value is -2.50. The molecule has 0 bridgehead atoms. The molecule has 0 heterocycles. The Balaban J connectivity index is 2.86. The van der Waals surface area contributed by atoms with Crippen molar-refractivity contribution < 1.29 is 29.4 Å². The van der Waals surface area contributed by atoms with E-state index in [1.165, 1.54) is 0 Å². The van der Waals surface area contributed by atoms with Crippen molar-refractivity contribution in [2.24, 2.45) is 0 Å². The van der Waals surface area contributed by atoms with Crippen LogP contribution in [0.15, 0.2) is 6.07 Å². The van der Waals surface area contributed by atoms with Gasteiger partial charge in [0.25, 0.3) is 0 Å². The van der Waals surface area contributed by atoms with Crippen LogP contribution in [0.5, 0.6) is 11.5 Å². The van der Waals surface area contributed by atoms with E-state index in [1.54, 1.807) is 0 Å². The van der Waals surface area contributed by atoms with Crippen LogP contribution >= 0.6 is 0 Å². The summed E-state index contributed by atoms with van der Waals surface area (Å²) in [7, 11) is 0. The van der Waals surface area contributed by atoms with Gasteiger partial charge in [0.2, 0.25) is 11.6 Å². The van der Waals surface area contributed by atoms with Crippen LogP contribution in [0.1, 0.15) is 44.4 Å². The first-order chi connectivity index (χ1) is 8.34. The number of phenols is 2. The average molecular weight is 248 g/mol. The second-order valence-corrected chi connectivity index (χ2v) is 3.95. The van der Waals surface area contributed by atoms with Crippen molar-refractivity contribution in [1.29, 1.82) is 0 Å². The van der Waals surface area contributed by atoms with Crippen molar-refractivity contribution in [3.05, 3.63) is 22.8 Å². The second-order valence-electron chi connectivity index (χ2n) is 3.95. The Morgan fingerprint density at radius 2 is 1.72 bits per heavy atom. The summed E-state index contributed by atoms with van der Waals surface area (Å²) in [5, 5.41) is 19.4. The number of fused-ring (bicyclic) bond motifs is 1. The van der Waals surface area contributed by atoms with Gasteiger partial charge in [-0.2, -0.15) is 0 Å². The van der Waals surface area contributed by atoms with Crippen LogP contribution in [-0.4, -0.2) is 33.3 Å². The Labute approximate surface area is 101 Å². The van der Waals surface area contributed by atoms with Gasteiger partial charge in [0.15, 0.2) is 11.6 Å². The molecule has 0 saturated heterocycles. The van der Waals surface area contributed by atoms with Crippen molar-refractivity contribution in [2.45, 2.75) is 13.3 Å². The molecule has 92 valence electrons. The first-order valence-electron chi connectivity index (χ1n) is 5.05. The third-order valence-corrected chi connectivity index (χ3v) is 2.74. The van der Waals surface area contributed by atoms with Gasteiger partial charge in [0.05, 0.1) is 23.1 Å². The Kier molecular flexibility index (Phi) is 2.50. The van der Waals surface area contributed by atoms with Gasteiger partial charge in [-0.25, -0.2) is 0 Å². The quantitative estimate of drug-likeness (QED) is 0.326. The zero-order valence-electron chi connectivity index (χ0n) is 9.31. The number of Topliss-reactive ketones (excluding diaryl/α,β-unsaturated/α-hetero) is 4. The lowest BCUT2D eigenvalue weighted by Crippen LogP contribution is -2.27. The summed E-state index contributed by atoms with van der Waals surface area (Å²) in [6.45, 7) is 1.14. The summed E-state index contributed by atoms with van der Waals surface area (Å²) in [4.78, 5) is 45.6. The van der Waals surface area contributed by atoms with E-state index in [9.17, 15) is 29.4 Å². The number of rotatable bonds is 1. The van der Waals surface area contributed by atoms with Gasteiger partial charge >= 0.3 is 0 Å². The smallest absolute Gasteiger partial charge is 0.233 e. The van der Waals surface area contributed by atoms with Gasteiger partial charge in [-0.1, -0.05) is 0 Å². The fourth-order valence-corrected chi connectivity index (χ4v) is 1.88. The molecule has 0 aliphatic heterocycles. The number of carbonyl (C=O) groups excluding carboxylic acids is 4. The molecule has 0 radical (unpaired) electrons. The molecule has 1 aliphatic rings. The summed E-state index contributed by atoms with van der Waals surface area (Å²) >= 11 is 0. The molecule has 18 heavy (non-hydrogen) atoms. The highest BCUT2D eigenvalue weighted by Crippen LogP contribution is 2.37. The summed E-state index contributed by atoms with van der Waals surface area (Å²) in [5.41, 5.74) is -1.25. The van der Waals surface area contributed by atoms with E-state index in [4.69, 9.17) is 0 Å². The van der Waals surface area contributed by atoms with E-state index in [0.29, 0.717) is 0 Å². The van der Waals surface area contributed by atoms with E-state index in [0.717, 1.165) is 13.0 Å². The van der Waals surface area contributed by atoms with E-state index in [1.807, 2.05) is 0 Å². The third kappa shape index (κ3) is 1.50. The van der Waals surface area contributed by atoms with Gasteiger partial charge in [0.1, 0.15) is 11.5 Å². The number of hydrogen-bond donors (Lipinski definition) is 2. The van der Waals surface area contributed by atoms with Gasteiger partial charge in [-0.3, -0.25) is 19.2 Å². The van der Waals surface area contributed by atoms with Gasteiger partial charge in [-0.15, -0.1) is 0 Å². The van der Waals surface area contributed by atoms with E-state index >= 15 is 0 Å². The third-order valence-electron chi connectivity index (χ3n) is 2.74. The highest BCUT2D eigenvalue weighted by atomic mass is 16.3. The first-order valence-corrected chi connectivity index (χ1v) is 5.05. The number of hydrogen-bond acceptors (Lipinski definition) is 6. The van der Waals surface area contributed by atoms with Crippen LogP contribution in [0.2, 0.25) is 0 Å². The zero-order chi connectivity index (χ0) is 13.6. The number of phenolic OH excluding ortho intramolecular Hbond substituents is 2. The molecule has 2 N–H and O–H groups in total. The summed E-state index contributed by atoms with van der Waals surface area (Å²) in [6.07, 6.45) is -0.666. The van der Waals surface area contributed by atoms with Crippen LogP contribution in [0.4, 0.5) is 0 Å².